The topological polar surface area (TPSA) is 91.6 Å². The van der Waals surface area contributed by atoms with E-state index < -0.39 is 0 Å². The highest BCUT2D eigenvalue weighted by atomic mass is 19.1. The average molecular weight is 444 g/mol. The van der Waals surface area contributed by atoms with Crippen molar-refractivity contribution < 1.29 is 9.18 Å². The van der Waals surface area contributed by atoms with E-state index in [0.717, 1.165) is 31.4 Å². The largest absolute Gasteiger partial charge is 0.320 e. The van der Waals surface area contributed by atoms with Crippen LogP contribution in [0, 0.1) is 23.1 Å². The molecule has 0 spiro atoms. The molecule has 4 rings (SSSR count). The number of carbonyl (C=O) groups excluding carboxylic acids is 1. The zero-order valence-corrected chi connectivity index (χ0v) is 18.8. The normalized spacial score (nSPS) is 18.0. The summed E-state index contributed by atoms with van der Waals surface area (Å²) in [5, 5.41) is 12.2. The molecule has 1 fully saturated rings. The van der Waals surface area contributed by atoms with E-state index >= 15 is 0 Å². The summed E-state index contributed by atoms with van der Waals surface area (Å²) in [5.74, 6) is 0.200. The van der Waals surface area contributed by atoms with E-state index in [9.17, 15) is 14.4 Å². The lowest BCUT2D eigenvalue weighted by Crippen LogP contribution is -2.19. The van der Waals surface area contributed by atoms with Gasteiger partial charge in [-0.2, -0.15) is 5.26 Å². The Hall–Kier alpha value is -3.66. The molecule has 0 bridgehead atoms. The second-order valence-electron chi connectivity index (χ2n) is 8.72. The minimum Gasteiger partial charge on any atom is -0.320 e. The highest BCUT2D eigenvalue weighted by Crippen LogP contribution is 2.41. The standard InChI is InChI=1S/C26H26FN5O/c1-16(2)25-30-14-19(15-31-25)26(33)32-24-21(20-5-3-4-6-22(20)27)11-12-29-23(24)18-9-7-17(13-28)8-10-18/h3-6,11-12,14-18H,7-10H2,1-2H3,(H,32,33). The maximum atomic E-state index is 14.7. The number of nitriles is 1. The van der Waals surface area contributed by atoms with E-state index in [2.05, 4.69) is 26.3 Å². The fraction of sp³-hybridized carbons (Fsp3) is 0.346. The number of rotatable bonds is 5. The van der Waals surface area contributed by atoms with Gasteiger partial charge in [0.05, 0.1) is 23.0 Å². The summed E-state index contributed by atoms with van der Waals surface area (Å²) in [6, 6.07) is 10.6. The van der Waals surface area contributed by atoms with Crippen LogP contribution in [-0.2, 0) is 0 Å². The third-order valence-corrected chi connectivity index (χ3v) is 6.13. The lowest BCUT2D eigenvalue weighted by Gasteiger charge is -2.27. The highest BCUT2D eigenvalue weighted by Gasteiger charge is 2.27. The monoisotopic (exact) mass is 443 g/mol. The summed E-state index contributed by atoms with van der Waals surface area (Å²) >= 11 is 0. The maximum Gasteiger partial charge on any atom is 0.258 e. The first-order valence-corrected chi connectivity index (χ1v) is 11.2. The zero-order chi connectivity index (χ0) is 23.4. The predicted molar refractivity (Wildman–Crippen MR) is 124 cm³/mol. The Kier molecular flexibility index (Phi) is 6.74. The fourth-order valence-electron chi connectivity index (χ4n) is 4.26. The molecule has 1 saturated carbocycles. The van der Waals surface area contributed by atoms with E-state index in [4.69, 9.17) is 0 Å². The molecular formula is C26H26FN5O. The van der Waals surface area contributed by atoms with Gasteiger partial charge in [0.1, 0.15) is 11.6 Å². The number of pyridine rings is 1. The molecule has 1 amide bonds. The first-order chi connectivity index (χ1) is 16.0. The average Bonchev–Trinajstić information content (AvgIpc) is 2.85. The molecule has 0 atom stereocenters. The Morgan fingerprint density at radius 1 is 1.06 bits per heavy atom. The van der Waals surface area contributed by atoms with Crippen molar-refractivity contribution in [1.29, 1.82) is 5.26 Å². The molecule has 7 heteroatoms. The van der Waals surface area contributed by atoms with Gasteiger partial charge >= 0.3 is 0 Å². The number of hydrogen-bond acceptors (Lipinski definition) is 5. The quantitative estimate of drug-likeness (QED) is 0.534. The van der Waals surface area contributed by atoms with Crippen molar-refractivity contribution in [3.63, 3.8) is 0 Å². The molecule has 2 aromatic heterocycles. The Labute approximate surface area is 192 Å². The van der Waals surface area contributed by atoms with Crippen molar-refractivity contribution >= 4 is 11.6 Å². The molecule has 1 N–H and O–H groups in total. The van der Waals surface area contributed by atoms with Crippen LogP contribution >= 0.6 is 0 Å². The van der Waals surface area contributed by atoms with Gasteiger partial charge in [-0.3, -0.25) is 9.78 Å². The van der Waals surface area contributed by atoms with Crippen LogP contribution in [0.15, 0.2) is 48.9 Å². The van der Waals surface area contributed by atoms with Crippen LogP contribution in [0.2, 0.25) is 0 Å². The number of carbonyl (C=O) groups is 1. The number of nitrogens with one attached hydrogen (secondary N) is 1. The number of anilines is 1. The van der Waals surface area contributed by atoms with Crippen molar-refractivity contribution in [2.45, 2.75) is 51.4 Å². The summed E-state index contributed by atoms with van der Waals surface area (Å²) in [6.07, 6.45) is 7.82. The van der Waals surface area contributed by atoms with E-state index in [1.54, 1.807) is 30.5 Å². The first-order valence-electron chi connectivity index (χ1n) is 11.2. The number of nitrogens with zero attached hydrogens (tertiary/aromatic N) is 4. The summed E-state index contributed by atoms with van der Waals surface area (Å²) in [4.78, 5) is 26.3. The van der Waals surface area contributed by atoms with Crippen molar-refractivity contribution in [2.75, 3.05) is 5.32 Å². The van der Waals surface area contributed by atoms with Crippen LogP contribution in [-0.4, -0.2) is 20.9 Å². The Bertz CT molecular complexity index is 1180. The van der Waals surface area contributed by atoms with Gasteiger partial charge in [-0.15, -0.1) is 0 Å². The summed E-state index contributed by atoms with van der Waals surface area (Å²) in [6.45, 7) is 3.97. The first kappa shape index (κ1) is 22.5. The van der Waals surface area contributed by atoms with Gasteiger partial charge < -0.3 is 5.32 Å². The van der Waals surface area contributed by atoms with Gasteiger partial charge in [0.15, 0.2) is 0 Å². The molecule has 2 heterocycles. The molecule has 1 aliphatic rings. The maximum absolute atomic E-state index is 14.7. The summed E-state index contributed by atoms with van der Waals surface area (Å²) in [5.41, 5.74) is 2.52. The van der Waals surface area contributed by atoms with Crippen molar-refractivity contribution in [1.82, 2.24) is 15.0 Å². The van der Waals surface area contributed by atoms with Crippen LogP contribution in [0.1, 0.15) is 73.2 Å². The SMILES string of the molecule is CC(C)c1ncc(C(=O)Nc2c(-c3ccccc3F)ccnc2C2CCC(C#N)CC2)cn1. The third-order valence-electron chi connectivity index (χ3n) is 6.13. The van der Waals surface area contributed by atoms with Gasteiger partial charge in [0.25, 0.3) is 5.91 Å². The molecule has 168 valence electrons. The fourth-order valence-corrected chi connectivity index (χ4v) is 4.26. The zero-order valence-electron chi connectivity index (χ0n) is 18.8. The van der Waals surface area contributed by atoms with Crippen LogP contribution in [0.3, 0.4) is 0 Å². The molecule has 3 aromatic rings. The number of aromatic nitrogens is 3. The smallest absolute Gasteiger partial charge is 0.258 e. The van der Waals surface area contributed by atoms with Crippen molar-refractivity contribution in [2.24, 2.45) is 5.92 Å². The summed E-state index contributed by atoms with van der Waals surface area (Å²) < 4.78 is 14.7. The minimum atomic E-state index is -0.372. The molecule has 0 unspecified atom stereocenters. The lowest BCUT2D eigenvalue weighted by molar-refractivity contribution is 0.102. The molecule has 6 nitrogen and oxygen atoms in total. The minimum absolute atomic E-state index is 0.0469. The number of benzene rings is 1. The number of hydrogen-bond donors (Lipinski definition) is 1. The van der Waals surface area contributed by atoms with Gasteiger partial charge in [-0.25, -0.2) is 14.4 Å². The van der Waals surface area contributed by atoms with Crippen LogP contribution in [0.25, 0.3) is 11.1 Å². The number of halogens is 1. The second-order valence-corrected chi connectivity index (χ2v) is 8.72. The molecular weight excluding hydrogens is 417 g/mol. The van der Waals surface area contributed by atoms with Crippen LogP contribution in [0.5, 0.6) is 0 Å². The Balaban J connectivity index is 1.73. The van der Waals surface area contributed by atoms with Gasteiger partial charge in [0.2, 0.25) is 0 Å². The molecule has 33 heavy (non-hydrogen) atoms. The van der Waals surface area contributed by atoms with Crippen molar-refractivity contribution in [3.05, 3.63) is 71.8 Å². The van der Waals surface area contributed by atoms with Crippen LogP contribution in [0.4, 0.5) is 10.1 Å². The van der Waals surface area contributed by atoms with E-state index in [1.165, 1.54) is 18.5 Å². The van der Waals surface area contributed by atoms with E-state index in [-0.39, 0.29) is 29.5 Å². The molecule has 0 saturated heterocycles. The van der Waals surface area contributed by atoms with Crippen molar-refractivity contribution in [3.8, 4) is 17.2 Å². The van der Waals surface area contributed by atoms with E-state index in [1.807, 2.05) is 13.8 Å². The molecule has 0 radical (unpaired) electrons. The molecule has 1 aliphatic carbocycles. The predicted octanol–water partition coefficient (Wildman–Crippen LogP) is 5.85. The van der Waals surface area contributed by atoms with Crippen LogP contribution < -0.4 is 5.32 Å². The summed E-state index contributed by atoms with van der Waals surface area (Å²) in [7, 11) is 0. The molecule has 0 aliphatic heterocycles. The Morgan fingerprint density at radius 3 is 2.39 bits per heavy atom. The van der Waals surface area contributed by atoms with Gasteiger partial charge in [0, 0.05) is 47.5 Å². The molecule has 1 aromatic carbocycles. The second kappa shape index (κ2) is 9.86. The Morgan fingerprint density at radius 2 is 1.76 bits per heavy atom. The highest BCUT2D eigenvalue weighted by molar-refractivity contribution is 6.06. The van der Waals surface area contributed by atoms with Gasteiger partial charge in [-0.1, -0.05) is 32.0 Å². The van der Waals surface area contributed by atoms with Gasteiger partial charge in [-0.05, 0) is 37.8 Å². The third kappa shape index (κ3) is 4.90. The number of amides is 1. The lowest BCUT2D eigenvalue weighted by atomic mass is 9.80. The van der Waals surface area contributed by atoms with E-state index in [0.29, 0.717) is 28.2 Å².